The summed E-state index contributed by atoms with van der Waals surface area (Å²) in [6.45, 7) is 2.67. The van der Waals surface area contributed by atoms with E-state index in [1.165, 1.54) is 42.7 Å². The Morgan fingerprint density at radius 3 is 2.36 bits per heavy atom. The molecule has 10 heteroatoms. The minimum atomic E-state index is -3.74. The Morgan fingerprint density at radius 2 is 1.80 bits per heavy atom. The van der Waals surface area contributed by atoms with Crippen molar-refractivity contribution in [1.82, 2.24) is 8.61 Å². The lowest BCUT2D eigenvalue weighted by molar-refractivity contribution is 0.243. The molecule has 0 amide bonds. The zero-order valence-corrected chi connectivity index (χ0v) is 17.1. The lowest BCUT2D eigenvalue weighted by atomic mass is 9.93. The van der Waals surface area contributed by atoms with E-state index in [9.17, 15) is 16.8 Å². The Hall–Kier alpha value is -0.710. The van der Waals surface area contributed by atoms with Gasteiger partial charge in [0.15, 0.2) is 0 Å². The molecule has 0 aromatic heterocycles. The second-order valence-corrected chi connectivity index (χ2v) is 10.5. The van der Waals surface area contributed by atoms with Crippen molar-refractivity contribution < 1.29 is 16.8 Å². The number of rotatable bonds is 5. The molecule has 1 heterocycles. The number of hydrogen-bond donors (Lipinski definition) is 1. The molecule has 2 atom stereocenters. The third kappa shape index (κ3) is 4.72. The van der Waals surface area contributed by atoms with Crippen LogP contribution in [0.5, 0.6) is 0 Å². The lowest BCUT2D eigenvalue weighted by Gasteiger charge is -2.33. The maximum atomic E-state index is 12.9. The number of halogens is 1. The van der Waals surface area contributed by atoms with Gasteiger partial charge in [0.05, 0.1) is 9.79 Å². The molecule has 1 aliphatic rings. The molecule has 144 valence electrons. The fourth-order valence-electron chi connectivity index (χ4n) is 2.78. The summed E-state index contributed by atoms with van der Waals surface area (Å²) in [4.78, 5) is -0.0370. The van der Waals surface area contributed by atoms with Gasteiger partial charge in [-0.2, -0.15) is 4.31 Å². The molecular formula is C15H26ClN3O4S2. The van der Waals surface area contributed by atoms with Gasteiger partial charge in [-0.3, -0.25) is 0 Å². The minimum Gasteiger partial charge on any atom is -0.328 e. The Balaban J connectivity index is 0.00000312. The fraction of sp³-hybridized carbons (Fsp3) is 0.600. The molecule has 25 heavy (non-hydrogen) atoms. The first-order chi connectivity index (χ1) is 11.1. The lowest BCUT2D eigenvalue weighted by Crippen LogP contribution is -2.44. The van der Waals surface area contributed by atoms with Crippen molar-refractivity contribution in [3.63, 3.8) is 0 Å². The Labute approximate surface area is 156 Å². The predicted octanol–water partition coefficient (Wildman–Crippen LogP) is 1.11. The highest BCUT2D eigenvalue weighted by Crippen LogP contribution is 2.26. The van der Waals surface area contributed by atoms with E-state index in [1.807, 2.05) is 6.92 Å². The van der Waals surface area contributed by atoms with Crippen LogP contribution in [-0.4, -0.2) is 58.7 Å². The van der Waals surface area contributed by atoms with E-state index in [0.29, 0.717) is 13.1 Å². The van der Waals surface area contributed by atoms with Gasteiger partial charge in [0.25, 0.3) is 0 Å². The number of nitrogens with two attached hydrogens (primary N) is 1. The molecule has 7 nitrogen and oxygen atoms in total. The second-order valence-electron chi connectivity index (χ2n) is 6.39. The Kier molecular flexibility index (Phi) is 7.43. The van der Waals surface area contributed by atoms with Gasteiger partial charge in [0, 0.05) is 33.2 Å². The molecule has 0 radical (unpaired) electrons. The standard InChI is InChI=1S/C15H25N3O4S2.ClH/c1-12(16)13-6-5-9-18(11-13)24(21,22)15-8-4-7-14(10-15)23(19,20)17(2)3;/h4,7-8,10,12-13H,5-6,9,11,16H2,1-3H3;1H. The third-order valence-corrected chi connectivity index (χ3v) is 8.06. The monoisotopic (exact) mass is 411 g/mol. The van der Waals surface area contributed by atoms with E-state index >= 15 is 0 Å². The summed E-state index contributed by atoms with van der Waals surface area (Å²) in [5.41, 5.74) is 5.92. The number of piperidine rings is 1. The van der Waals surface area contributed by atoms with Crippen LogP contribution < -0.4 is 5.73 Å². The van der Waals surface area contributed by atoms with Crippen LogP contribution in [0.1, 0.15) is 19.8 Å². The normalized spacial score (nSPS) is 20.9. The van der Waals surface area contributed by atoms with E-state index in [4.69, 9.17) is 5.73 Å². The summed E-state index contributed by atoms with van der Waals surface area (Å²) in [5, 5.41) is 0. The largest absolute Gasteiger partial charge is 0.328 e. The molecule has 0 aliphatic carbocycles. The topological polar surface area (TPSA) is 101 Å². The van der Waals surface area contributed by atoms with E-state index in [2.05, 4.69) is 0 Å². The zero-order valence-electron chi connectivity index (χ0n) is 14.6. The minimum absolute atomic E-state index is 0. The summed E-state index contributed by atoms with van der Waals surface area (Å²) in [5.74, 6) is 0.113. The number of nitrogens with zero attached hydrogens (tertiary/aromatic N) is 2. The van der Waals surface area contributed by atoms with Crippen LogP contribution in [0, 0.1) is 5.92 Å². The summed E-state index contributed by atoms with van der Waals surface area (Å²) in [6.07, 6.45) is 1.65. The van der Waals surface area contributed by atoms with Crippen LogP contribution in [0.4, 0.5) is 0 Å². The van der Waals surface area contributed by atoms with Crippen LogP contribution in [0.3, 0.4) is 0 Å². The van der Waals surface area contributed by atoms with Gasteiger partial charge < -0.3 is 5.73 Å². The van der Waals surface area contributed by atoms with Gasteiger partial charge in [-0.25, -0.2) is 21.1 Å². The van der Waals surface area contributed by atoms with E-state index < -0.39 is 20.0 Å². The van der Waals surface area contributed by atoms with Gasteiger partial charge in [-0.15, -0.1) is 12.4 Å². The van der Waals surface area contributed by atoms with Crippen molar-refractivity contribution in [3.8, 4) is 0 Å². The molecular weight excluding hydrogens is 386 g/mol. The second kappa shape index (κ2) is 8.32. The summed E-state index contributed by atoms with van der Waals surface area (Å²) >= 11 is 0. The highest BCUT2D eigenvalue weighted by atomic mass is 35.5. The summed E-state index contributed by atoms with van der Waals surface area (Å²) in [7, 11) is -4.60. The van der Waals surface area contributed by atoms with Crippen molar-refractivity contribution in [2.24, 2.45) is 11.7 Å². The Bertz CT molecular complexity index is 795. The van der Waals surface area contributed by atoms with Crippen molar-refractivity contribution in [2.75, 3.05) is 27.2 Å². The van der Waals surface area contributed by atoms with Crippen LogP contribution >= 0.6 is 12.4 Å². The van der Waals surface area contributed by atoms with Gasteiger partial charge in [-0.05, 0) is 43.9 Å². The first-order valence-electron chi connectivity index (χ1n) is 7.85. The molecule has 2 unspecified atom stereocenters. The van der Waals surface area contributed by atoms with Gasteiger partial charge >= 0.3 is 0 Å². The highest BCUT2D eigenvalue weighted by molar-refractivity contribution is 7.90. The maximum Gasteiger partial charge on any atom is 0.243 e. The van der Waals surface area contributed by atoms with Crippen LogP contribution in [0.25, 0.3) is 0 Å². The van der Waals surface area contributed by atoms with E-state index in [1.54, 1.807) is 0 Å². The highest BCUT2D eigenvalue weighted by Gasteiger charge is 2.32. The first-order valence-corrected chi connectivity index (χ1v) is 10.7. The van der Waals surface area contributed by atoms with E-state index in [0.717, 1.165) is 17.1 Å². The summed E-state index contributed by atoms with van der Waals surface area (Å²) in [6, 6.07) is 5.43. The average Bonchev–Trinajstić information content (AvgIpc) is 2.55. The molecule has 1 aromatic rings. The van der Waals surface area contributed by atoms with Crippen molar-refractivity contribution in [1.29, 1.82) is 0 Å². The molecule has 2 rings (SSSR count). The fourth-order valence-corrected chi connectivity index (χ4v) is 5.38. The van der Waals surface area contributed by atoms with Crippen molar-refractivity contribution in [2.45, 2.75) is 35.6 Å². The average molecular weight is 412 g/mol. The zero-order chi connectivity index (χ0) is 18.1. The maximum absolute atomic E-state index is 12.9. The van der Waals surface area contributed by atoms with Crippen LogP contribution in [0.15, 0.2) is 34.1 Å². The molecule has 2 N–H and O–H groups in total. The smallest absolute Gasteiger partial charge is 0.243 e. The van der Waals surface area contributed by atoms with E-state index in [-0.39, 0.29) is 34.2 Å². The molecule has 0 spiro atoms. The van der Waals surface area contributed by atoms with Crippen molar-refractivity contribution in [3.05, 3.63) is 24.3 Å². The molecule has 1 aromatic carbocycles. The molecule has 0 saturated carbocycles. The third-order valence-electron chi connectivity index (χ3n) is 4.39. The van der Waals surface area contributed by atoms with Gasteiger partial charge in [0.2, 0.25) is 20.0 Å². The molecule has 1 saturated heterocycles. The first kappa shape index (κ1) is 22.3. The SMILES string of the molecule is CC(N)C1CCCN(S(=O)(=O)c2cccc(S(=O)(=O)N(C)C)c2)C1.Cl. The number of sulfonamides is 2. The summed E-state index contributed by atoms with van der Waals surface area (Å²) < 4.78 is 52.7. The van der Waals surface area contributed by atoms with Crippen LogP contribution in [-0.2, 0) is 20.0 Å². The Morgan fingerprint density at radius 1 is 1.20 bits per heavy atom. The molecule has 0 bridgehead atoms. The quantitative estimate of drug-likeness (QED) is 0.781. The molecule has 1 aliphatic heterocycles. The van der Waals surface area contributed by atoms with Gasteiger partial charge in [-0.1, -0.05) is 6.07 Å². The molecule has 1 fully saturated rings. The number of benzene rings is 1. The van der Waals surface area contributed by atoms with Gasteiger partial charge in [0.1, 0.15) is 0 Å². The predicted molar refractivity (Wildman–Crippen MR) is 99.7 cm³/mol. The van der Waals surface area contributed by atoms with Crippen LogP contribution in [0.2, 0.25) is 0 Å². The number of hydrogen-bond acceptors (Lipinski definition) is 5. The van der Waals surface area contributed by atoms with Crippen molar-refractivity contribution >= 4 is 32.5 Å².